The Morgan fingerprint density at radius 2 is 2.05 bits per heavy atom. The van der Waals surface area contributed by atoms with Gasteiger partial charge in [-0.25, -0.2) is 9.78 Å². The first kappa shape index (κ1) is 14.2. The van der Waals surface area contributed by atoms with Crippen LogP contribution >= 0.6 is 35.0 Å². The molecule has 0 fully saturated rings. The molecule has 1 aromatic heterocycles. The fraction of sp³-hybridized carbons (Fsp3) is 0.0769. The highest BCUT2D eigenvalue weighted by Gasteiger charge is 2.09. The standard InChI is InChI=1S/C13H9Cl2NO2S/c1-18-13(17)8-4-5-16-12(6-8)19-11-7-9(14)2-3-10(11)15/h2-7H,1H3. The van der Waals surface area contributed by atoms with Gasteiger partial charge < -0.3 is 4.74 Å². The second-order valence-electron chi connectivity index (χ2n) is 3.55. The summed E-state index contributed by atoms with van der Waals surface area (Å²) in [5.41, 5.74) is 0.443. The minimum Gasteiger partial charge on any atom is -0.465 e. The first-order chi connectivity index (χ1) is 9.10. The van der Waals surface area contributed by atoms with Crippen molar-refractivity contribution >= 4 is 40.9 Å². The summed E-state index contributed by atoms with van der Waals surface area (Å²) >= 11 is 13.3. The quantitative estimate of drug-likeness (QED) is 0.791. The first-order valence-electron chi connectivity index (χ1n) is 5.27. The second kappa shape index (κ2) is 6.28. The summed E-state index contributed by atoms with van der Waals surface area (Å²) in [7, 11) is 1.34. The van der Waals surface area contributed by atoms with Crippen molar-refractivity contribution in [2.75, 3.05) is 7.11 Å². The van der Waals surface area contributed by atoms with E-state index >= 15 is 0 Å². The Kier molecular flexibility index (Phi) is 4.69. The third-order valence-electron chi connectivity index (χ3n) is 2.26. The Morgan fingerprint density at radius 1 is 1.26 bits per heavy atom. The summed E-state index contributed by atoms with van der Waals surface area (Å²) in [5, 5.41) is 1.82. The molecule has 0 aliphatic heterocycles. The molecular weight excluding hydrogens is 305 g/mol. The van der Waals surface area contributed by atoms with Crippen LogP contribution in [0.1, 0.15) is 10.4 Å². The monoisotopic (exact) mass is 313 g/mol. The number of hydrogen-bond acceptors (Lipinski definition) is 4. The molecule has 0 atom stereocenters. The van der Waals surface area contributed by atoms with Gasteiger partial charge in [0.15, 0.2) is 0 Å². The molecule has 0 aliphatic rings. The Morgan fingerprint density at radius 3 is 2.79 bits per heavy atom. The highest BCUT2D eigenvalue weighted by atomic mass is 35.5. The summed E-state index contributed by atoms with van der Waals surface area (Å²) in [6, 6.07) is 8.42. The van der Waals surface area contributed by atoms with Gasteiger partial charge >= 0.3 is 5.97 Å². The first-order valence-corrected chi connectivity index (χ1v) is 6.84. The van der Waals surface area contributed by atoms with Crippen molar-refractivity contribution < 1.29 is 9.53 Å². The molecule has 0 bridgehead atoms. The molecule has 3 nitrogen and oxygen atoms in total. The largest absolute Gasteiger partial charge is 0.465 e. The molecule has 0 radical (unpaired) electrons. The van der Waals surface area contributed by atoms with Crippen molar-refractivity contribution in [3.8, 4) is 0 Å². The highest BCUT2D eigenvalue weighted by molar-refractivity contribution is 7.99. The number of carbonyl (C=O) groups is 1. The number of halogens is 2. The lowest BCUT2D eigenvalue weighted by Gasteiger charge is -2.05. The number of carbonyl (C=O) groups excluding carboxylic acids is 1. The summed E-state index contributed by atoms with van der Waals surface area (Å²) in [4.78, 5) is 16.4. The summed E-state index contributed by atoms with van der Waals surface area (Å²) in [6.07, 6.45) is 1.55. The Hall–Kier alpha value is -1.23. The molecule has 0 saturated carbocycles. The van der Waals surface area contributed by atoms with Crippen LogP contribution in [-0.4, -0.2) is 18.1 Å². The zero-order valence-corrected chi connectivity index (χ0v) is 12.2. The number of methoxy groups -OCH3 is 1. The summed E-state index contributed by atoms with van der Waals surface area (Å²) in [6.45, 7) is 0. The fourth-order valence-corrected chi connectivity index (χ4v) is 2.72. The van der Waals surface area contributed by atoms with E-state index in [1.807, 2.05) is 0 Å². The molecule has 1 heterocycles. The molecule has 0 N–H and O–H groups in total. The Balaban J connectivity index is 2.28. The van der Waals surface area contributed by atoms with Crippen LogP contribution in [-0.2, 0) is 4.74 Å². The minimum absolute atomic E-state index is 0.401. The van der Waals surface area contributed by atoms with Crippen LogP contribution in [0.15, 0.2) is 46.5 Å². The average molecular weight is 314 g/mol. The Bertz CT molecular complexity index is 619. The van der Waals surface area contributed by atoms with E-state index in [4.69, 9.17) is 23.2 Å². The van der Waals surface area contributed by atoms with Crippen molar-refractivity contribution in [3.63, 3.8) is 0 Å². The number of rotatable bonds is 3. The van der Waals surface area contributed by atoms with E-state index in [0.29, 0.717) is 20.6 Å². The topological polar surface area (TPSA) is 39.2 Å². The normalized spacial score (nSPS) is 10.3. The van der Waals surface area contributed by atoms with Crippen LogP contribution < -0.4 is 0 Å². The predicted octanol–water partition coefficient (Wildman–Crippen LogP) is 4.33. The maximum atomic E-state index is 11.4. The van der Waals surface area contributed by atoms with E-state index in [1.165, 1.54) is 18.9 Å². The zero-order chi connectivity index (χ0) is 13.8. The summed E-state index contributed by atoms with van der Waals surface area (Å²) in [5.74, 6) is -0.401. The van der Waals surface area contributed by atoms with Gasteiger partial charge in [-0.3, -0.25) is 0 Å². The van der Waals surface area contributed by atoms with Crippen LogP contribution in [0.4, 0.5) is 0 Å². The zero-order valence-electron chi connectivity index (χ0n) is 9.89. The van der Waals surface area contributed by atoms with Crippen molar-refractivity contribution in [1.29, 1.82) is 0 Å². The Labute approximate surface area is 124 Å². The van der Waals surface area contributed by atoms with Gasteiger partial charge in [0, 0.05) is 16.1 Å². The van der Waals surface area contributed by atoms with E-state index in [1.54, 1.807) is 36.5 Å². The number of ether oxygens (including phenoxy) is 1. The van der Waals surface area contributed by atoms with Gasteiger partial charge in [-0.1, -0.05) is 35.0 Å². The van der Waals surface area contributed by atoms with Crippen LogP contribution in [0, 0.1) is 0 Å². The molecule has 19 heavy (non-hydrogen) atoms. The third kappa shape index (κ3) is 3.62. The lowest BCUT2D eigenvalue weighted by molar-refractivity contribution is 0.0600. The third-order valence-corrected chi connectivity index (χ3v) is 3.93. The van der Waals surface area contributed by atoms with Crippen molar-refractivity contribution in [3.05, 3.63) is 52.1 Å². The van der Waals surface area contributed by atoms with Gasteiger partial charge in [0.1, 0.15) is 5.03 Å². The lowest BCUT2D eigenvalue weighted by atomic mass is 10.3. The molecule has 0 spiro atoms. The predicted molar refractivity (Wildman–Crippen MR) is 76.2 cm³/mol. The maximum absolute atomic E-state index is 11.4. The molecule has 0 amide bonds. The van der Waals surface area contributed by atoms with Gasteiger partial charge in [0.2, 0.25) is 0 Å². The molecule has 2 aromatic rings. The number of nitrogens with zero attached hydrogens (tertiary/aromatic N) is 1. The molecular formula is C13H9Cl2NO2S. The van der Waals surface area contributed by atoms with Gasteiger partial charge in [-0.15, -0.1) is 0 Å². The average Bonchev–Trinajstić information content (AvgIpc) is 2.42. The molecule has 0 aliphatic carbocycles. The molecule has 1 aromatic carbocycles. The fourth-order valence-electron chi connectivity index (χ4n) is 1.38. The van der Waals surface area contributed by atoms with Crippen LogP contribution in [0.3, 0.4) is 0 Å². The number of benzene rings is 1. The van der Waals surface area contributed by atoms with Crippen molar-refractivity contribution in [1.82, 2.24) is 4.98 Å². The van der Waals surface area contributed by atoms with E-state index in [9.17, 15) is 4.79 Å². The van der Waals surface area contributed by atoms with Crippen LogP contribution in [0.2, 0.25) is 10.0 Å². The smallest absolute Gasteiger partial charge is 0.337 e. The van der Waals surface area contributed by atoms with Gasteiger partial charge in [0.05, 0.1) is 17.7 Å². The van der Waals surface area contributed by atoms with Crippen LogP contribution in [0.5, 0.6) is 0 Å². The van der Waals surface area contributed by atoms with E-state index < -0.39 is 5.97 Å². The van der Waals surface area contributed by atoms with E-state index in [0.717, 1.165) is 4.90 Å². The lowest BCUT2D eigenvalue weighted by Crippen LogP contribution is -2.01. The van der Waals surface area contributed by atoms with E-state index in [2.05, 4.69) is 9.72 Å². The summed E-state index contributed by atoms with van der Waals surface area (Å²) < 4.78 is 4.66. The molecule has 6 heteroatoms. The van der Waals surface area contributed by atoms with Gasteiger partial charge in [-0.2, -0.15) is 0 Å². The number of aromatic nitrogens is 1. The second-order valence-corrected chi connectivity index (χ2v) is 5.46. The SMILES string of the molecule is COC(=O)c1ccnc(Sc2cc(Cl)ccc2Cl)c1. The van der Waals surface area contributed by atoms with Gasteiger partial charge in [0.25, 0.3) is 0 Å². The van der Waals surface area contributed by atoms with Crippen molar-refractivity contribution in [2.24, 2.45) is 0 Å². The molecule has 98 valence electrons. The number of hydrogen-bond donors (Lipinski definition) is 0. The molecule has 0 saturated heterocycles. The molecule has 2 rings (SSSR count). The minimum atomic E-state index is -0.401. The maximum Gasteiger partial charge on any atom is 0.337 e. The van der Waals surface area contributed by atoms with E-state index in [-0.39, 0.29) is 0 Å². The van der Waals surface area contributed by atoms with Gasteiger partial charge in [-0.05, 0) is 30.3 Å². The highest BCUT2D eigenvalue weighted by Crippen LogP contribution is 2.34. The van der Waals surface area contributed by atoms with Crippen molar-refractivity contribution in [2.45, 2.75) is 9.92 Å². The number of pyridine rings is 1. The molecule has 0 unspecified atom stereocenters. The van der Waals surface area contributed by atoms with Crippen LogP contribution in [0.25, 0.3) is 0 Å². The number of esters is 1.